The second-order valence-corrected chi connectivity index (χ2v) is 4.96. The van der Waals surface area contributed by atoms with Crippen LogP contribution in [-0.4, -0.2) is 36.2 Å². The van der Waals surface area contributed by atoms with E-state index in [1.165, 1.54) is 11.6 Å². The maximum Gasteiger partial charge on any atom is 0.123 e. The average Bonchev–Trinajstić information content (AvgIpc) is 2.76. The Morgan fingerprint density at radius 1 is 1.47 bits per heavy atom. The van der Waals surface area contributed by atoms with Gasteiger partial charge in [0.2, 0.25) is 0 Å². The van der Waals surface area contributed by atoms with Gasteiger partial charge < -0.3 is 10.0 Å². The Bertz CT molecular complexity index is 380. The third kappa shape index (κ3) is 3.27. The first-order valence-electron chi connectivity index (χ1n) is 6.27. The van der Waals surface area contributed by atoms with Crippen LogP contribution in [0.4, 0.5) is 4.39 Å². The van der Waals surface area contributed by atoms with Crippen LogP contribution in [-0.2, 0) is 6.42 Å². The summed E-state index contributed by atoms with van der Waals surface area (Å²) in [5.41, 5.74) is 2.25. The number of nitrogens with zero attached hydrogens (tertiary/aromatic N) is 1. The first kappa shape index (κ1) is 12.5. The lowest BCUT2D eigenvalue weighted by Crippen LogP contribution is -2.24. The molecule has 1 N–H and O–H groups in total. The van der Waals surface area contributed by atoms with Gasteiger partial charge in [-0.3, -0.25) is 0 Å². The number of benzene rings is 1. The van der Waals surface area contributed by atoms with Crippen LogP contribution in [0.3, 0.4) is 0 Å². The summed E-state index contributed by atoms with van der Waals surface area (Å²) in [6, 6.07) is 5.00. The van der Waals surface area contributed by atoms with Crippen molar-refractivity contribution in [1.82, 2.24) is 4.90 Å². The normalized spacial score (nSPS) is 21.0. The molecular formula is C14H20FNO. The van der Waals surface area contributed by atoms with Crippen molar-refractivity contribution in [2.75, 3.05) is 26.2 Å². The number of hydrogen-bond acceptors (Lipinski definition) is 2. The van der Waals surface area contributed by atoms with Crippen LogP contribution in [0.2, 0.25) is 0 Å². The Morgan fingerprint density at radius 2 is 2.29 bits per heavy atom. The summed E-state index contributed by atoms with van der Waals surface area (Å²) in [6.07, 6.45) is 2.06. The minimum absolute atomic E-state index is 0.159. The van der Waals surface area contributed by atoms with E-state index in [0.29, 0.717) is 12.5 Å². The SMILES string of the molecule is Cc1cc(F)ccc1CCN1CCC(CO)C1. The average molecular weight is 237 g/mol. The van der Waals surface area contributed by atoms with Crippen molar-refractivity contribution in [3.63, 3.8) is 0 Å². The summed E-state index contributed by atoms with van der Waals surface area (Å²) < 4.78 is 12.9. The summed E-state index contributed by atoms with van der Waals surface area (Å²) in [7, 11) is 0. The first-order chi connectivity index (χ1) is 8.19. The zero-order chi connectivity index (χ0) is 12.3. The van der Waals surface area contributed by atoms with E-state index >= 15 is 0 Å². The third-order valence-electron chi connectivity index (χ3n) is 3.63. The molecule has 3 heteroatoms. The molecule has 0 radical (unpaired) electrons. The van der Waals surface area contributed by atoms with E-state index in [-0.39, 0.29) is 5.82 Å². The zero-order valence-corrected chi connectivity index (χ0v) is 10.3. The highest BCUT2D eigenvalue weighted by molar-refractivity contribution is 5.26. The van der Waals surface area contributed by atoms with Gasteiger partial charge in [-0.2, -0.15) is 0 Å². The molecule has 1 saturated heterocycles. The van der Waals surface area contributed by atoms with Crippen LogP contribution in [0.25, 0.3) is 0 Å². The minimum atomic E-state index is -0.159. The lowest BCUT2D eigenvalue weighted by Gasteiger charge is -2.16. The number of aliphatic hydroxyl groups excluding tert-OH is 1. The zero-order valence-electron chi connectivity index (χ0n) is 10.3. The van der Waals surface area contributed by atoms with Crippen LogP contribution in [0.1, 0.15) is 17.5 Å². The highest BCUT2D eigenvalue weighted by atomic mass is 19.1. The predicted octanol–water partition coefficient (Wildman–Crippen LogP) is 1.99. The molecule has 0 bridgehead atoms. The van der Waals surface area contributed by atoms with Gasteiger partial charge in [0, 0.05) is 19.7 Å². The van der Waals surface area contributed by atoms with Crippen LogP contribution in [0, 0.1) is 18.7 Å². The summed E-state index contributed by atoms with van der Waals surface area (Å²) in [5.74, 6) is 0.289. The van der Waals surface area contributed by atoms with Gasteiger partial charge in [-0.25, -0.2) is 4.39 Å². The summed E-state index contributed by atoms with van der Waals surface area (Å²) in [6.45, 7) is 5.33. The van der Waals surface area contributed by atoms with Gasteiger partial charge in [-0.15, -0.1) is 0 Å². The molecule has 1 aliphatic rings. The molecule has 1 atom stereocenters. The van der Waals surface area contributed by atoms with Crippen molar-refractivity contribution in [3.8, 4) is 0 Å². The van der Waals surface area contributed by atoms with E-state index in [4.69, 9.17) is 5.11 Å². The molecule has 94 valence electrons. The fourth-order valence-corrected chi connectivity index (χ4v) is 2.48. The Hall–Kier alpha value is -0.930. The molecule has 1 heterocycles. The minimum Gasteiger partial charge on any atom is -0.396 e. The largest absolute Gasteiger partial charge is 0.396 e. The topological polar surface area (TPSA) is 23.5 Å². The van der Waals surface area contributed by atoms with Crippen LogP contribution < -0.4 is 0 Å². The monoisotopic (exact) mass is 237 g/mol. The van der Waals surface area contributed by atoms with Gasteiger partial charge in [0.1, 0.15) is 5.82 Å². The van der Waals surface area contributed by atoms with Gasteiger partial charge in [-0.1, -0.05) is 6.07 Å². The lowest BCUT2D eigenvalue weighted by atomic mass is 10.1. The number of likely N-dealkylation sites (tertiary alicyclic amines) is 1. The molecule has 0 aromatic heterocycles. The summed E-state index contributed by atoms with van der Waals surface area (Å²) in [5, 5.41) is 9.08. The lowest BCUT2D eigenvalue weighted by molar-refractivity contribution is 0.222. The summed E-state index contributed by atoms with van der Waals surface area (Å²) in [4.78, 5) is 2.38. The molecule has 0 amide bonds. The van der Waals surface area contributed by atoms with Crippen molar-refractivity contribution in [3.05, 3.63) is 35.1 Å². The van der Waals surface area contributed by atoms with E-state index in [9.17, 15) is 4.39 Å². The standard InChI is InChI=1S/C14H20FNO/c1-11-8-14(15)3-2-13(11)5-7-16-6-4-12(9-16)10-17/h2-3,8,12,17H,4-7,9-10H2,1H3. The van der Waals surface area contributed by atoms with E-state index in [2.05, 4.69) is 4.90 Å². The molecule has 17 heavy (non-hydrogen) atoms. The molecule has 1 aliphatic heterocycles. The highest BCUT2D eigenvalue weighted by Crippen LogP contribution is 2.17. The Balaban J connectivity index is 1.86. The highest BCUT2D eigenvalue weighted by Gasteiger charge is 2.21. The fourth-order valence-electron chi connectivity index (χ4n) is 2.48. The molecule has 0 spiro atoms. The van der Waals surface area contributed by atoms with E-state index < -0.39 is 0 Å². The van der Waals surface area contributed by atoms with Crippen LogP contribution in [0.5, 0.6) is 0 Å². The smallest absolute Gasteiger partial charge is 0.123 e. The second-order valence-electron chi connectivity index (χ2n) is 4.96. The maximum absolute atomic E-state index is 12.9. The van der Waals surface area contributed by atoms with Crippen LogP contribution >= 0.6 is 0 Å². The van der Waals surface area contributed by atoms with Crippen molar-refractivity contribution in [2.24, 2.45) is 5.92 Å². The quantitative estimate of drug-likeness (QED) is 0.865. The maximum atomic E-state index is 12.9. The van der Waals surface area contributed by atoms with Crippen LogP contribution in [0.15, 0.2) is 18.2 Å². The Labute approximate surface area is 102 Å². The first-order valence-corrected chi connectivity index (χ1v) is 6.27. The summed E-state index contributed by atoms with van der Waals surface area (Å²) >= 11 is 0. The van der Waals surface area contributed by atoms with Gasteiger partial charge in [-0.05, 0) is 55.5 Å². The fraction of sp³-hybridized carbons (Fsp3) is 0.571. The molecule has 1 aromatic carbocycles. The van der Waals surface area contributed by atoms with E-state index in [1.54, 1.807) is 6.07 Å². The number of halogens is 1. The number of hydrogen-bond donors (Lipinski definition) is 1. The second kappa shape index (κ2) is 5.61. The van der Waals surface area contributed by atoms with Crippen molar-refractivity contribution >= 4 is 0 Å². The van der Waals surface area contributed by atoms with Gasteiger partial charge in [0.05, 0.1) is 0 Å². The molecule has 2 rings (SSSR count). The van der Waals surface area contributed by atoms with Gasteiger partial charge in [0.15, 0.2) is 0 Å². The Morgan fingerprint density at radius 3 is 2.94 bits per heavy atom. The molecule has 0 aliphatic carbocycles. The number of aryl methyl sites for hydroxylation is 1. The molecule has 1 aromatic rings. The van der Waals surface area contributed by atoms with E-state index in [0.717, 1.165) is 38.0 Å². The van der Waals surface area contributed by atoms with Crippen molar-refractivity contribution < 1.29 is 9.50 Å². The molecule has 1 fully saturated rings. The molecule has 2 nitrogen and oxygen atoms in total. The third-order valence-corrected chi connectivity index (χ3v) is 3.63. The van der Waals surface area contributed by atoms with Gasteiger partial charge in [0.25, 0.3) is 0 Å². The molecule has 1 unspecified atom stereocenters. The predicted molar refractivity (Wildman–Crippen MR) is 66.5 cm³/mol. The van der Waals surface area contributed by atoms with E-state index in [1.807, 2.05) is 13.0 Å². The number of aliphatic hydroxyl groups is 1. The number of rotatable bonds is 4. The van der Waals surface area contributed by atoms with Gasteiger partial charge >= 0.3 is 0 Å². The van der Waals surface area contributed by atoms with Crippen molar-refractivity contribution in [1.29, 1.82) is 0 Å². The Kier molecular flexibility index (Phi) is 4.13. The molecule has 0 saturated carbocycles. The van der Waals surface area contributed by atoms with Crippen molar-refractivity contribution in [2.45, 2.75) is 19.8 Å². The molecular weight excluding hydrogens is 217 g/mol.